The van der Waals surface area contributed by atoms with Gasteiger partial charge >= 0.3 is 0 Å². The van der Waals surface area contributed by atoms with E-state index in [1.54, 1.807) is 19.2 Å². The Kier molecular flexibility index (Phi) is 5.95. The third-order valence-corrected chi connectivity index (χ3v) is 3.82. The monoisotopic (exact) mass is 293 g/mol. The summed E-state index contributed by atoms with van der Waals surface area (Å²) in [6.45, 7) is 5.06. The number of rotatable bonds is 8. The number of nitro groups is 1. The average molecular weight is 293 g/mol. The molecule has 0 radical (unpaired) electrons. The van der Waals surface area contributed by atoms with Crippen LogP contribution in [0.4, 0.5) is 5.69 Å². The fourth-order valence-corrected chi connectivity index (χ4v) is 2.67. The number of nitrogens with zero attached hydrogens (tertiary/aromatic N) is 2. The van der Waals surface area contributed by atoms with Gasteiger partial charge in [0, 0.05) is 24.2 Å². The summed E-state index contributed by atoms with van der Waals surface area (Å²) >= 11 is 0. The van der Waals surface area contributed by atoms with Gasteiger partial charge in [0.05, 0.1) is 12.0 Å². The van der Waals surface area contributed by atoms with E-state index in [1.165, 1.54) is 32.0 Å². The number of nitrogens with one attached hydrogen (secondary N) is 1. The maximum absolute atomic E-state index is 10.8. The third-order valence-electron chi connectivity index (χ3n) is 3.82. The van der Waals surface area contributed by atoms with Crippen LogP contribution in [0.3, 0.4) is 0 Å². The molecule has 0 aromatic heterocycles. The van der Waals surface area contributed by atoms with Crippen molar-refractivity contribution in [3.63, 3.8) is 0 Å². The van der Waals surface area contributed by atoms with E-state index in [4.69, 9.17) is 4.74 Å². The molecule has 2 rings (SSSR count). The summed E-state index contributed by atoms with van der Waals surface area (Å²) < 4.78 is 5.25. The lowest BCUT2D eigenvalue weighted by Gasteiger charge is -2.14. The Morgan fingerprint density at radius 2 is 2.14 bits per heavy atom. The molecule has 0 amide bonds. The van der Waals surface area contributed by atoms with Gasteiger partial charge in [0.15, 0.2) is 0 Å². The fraction of sp³-hybridized carbons (Fsp3) is 0.600. The molecule has 0 spiro atoms. The highest BCUT2D eigenvalue weighted by molar-refractivity contribution is 5.43. The van der Waals surface area contributed by atoms with Gasteiger partial charge in [-0.05, 0) is 51.5 Å². The molecular weight excluding hydrogens is 270 g/mol. The fourth-order valence-electron chi connectivity index (χ4n) is 2.67. The summed E-state index contributed by atoms with van der Waals surface area (Å²) in [6, 6.07) is 4.70. The second-order valence-electron chi connectivity index (χ2n) is 5.33. The second kappa shape index (κ2) is 7.95. The Bertz CT molecular complexity index is 473. The van der Waals surface area contributed by atoms with Crippen LogP contribution in [0.2, 0.25) is 0 Å². The summed E-state index contributed by atoms with van der Waals surface area (Å²) in [6.07, 6.45) is 3.73. The highest BCUT2D eigenvalue weighted by Gasteiger charge is 2.12. The minimum Gasteiger partial charge on any atom is -0.496 e. The predicted molar refractivity (Wildman–Crippen MR) is 81.6 cm³/mol. The molecule has 0 aliphatic carbocycles. The van der Waals surface area contributed by atoms with E-state index < -0.39 is 0 Å². The first-order chi connectivity index (χ1) is 10.2. The van der Waals surface area contributed by atoms with E-state index in [0.29, 0.717) is 12.3 Å². The zero-order valence-electron chi connectivity index (χ0n) is 12.5. The quantitative estimate of drug-likeness (QED) is 0.452. The van der Waals surface area contributed by atoms with E-state index in [1.807, 2.05) is 0 Å². The van der Waals surface area contributed by atoms with E-state index in [0.717, 1.165) is 25.1 Å². The van der Waals surface area contributed by atoms with Crippen LogP contribution in [-0.4, -0.2) is 43.1 Å². The van der Waals surface area contributed by atoms with Crippen LogP contribution in [0.15, 0.2) is 18.2 Å². The number of methoxy groups -OCH3 is 1. The lowest BCUT2D eigenvalue weighted by molar-refractivity contribution is -0.384. The van der Waals surface area contributed by atoms with Gasteiger partial charge in [0.25, 0.3) is 5.69 Å². The largest absolute Gasteiger partial charge is 0.496 e. The molecule has 1 fully saturated rings. The maximum atomic E-state index is 10.8. The van der Waals surface area contributed by atoms with Crippen molar-refractivity contribution < 1.29 is 9.66 Å². The Hall–Kier alpha value is -1.66. The molecular formula is C15H23N3O3. The first kappa shape index (κ1) is 15.7. The van der Waals surface area contributed by atoms with Crippen LogP contribution < -0.4 is 10.1 Å². The SMILES string of the molecule is COc1ccc([N+](=O)[O-])cc1CNCCCN1CCCC1. The van der Waals surface area contributed by atoms with Crippen molar-refractivity contribution in [1.82, 2.24) is 10.2 Å². The Balaban J connectivity index is 1.78. The summed E-state index contributed by atoms with van der Waals surface area (Å²) in [4.78, 5) is 12.9. The van der Waals surface area contributed by atoms with Crippen molar-refractivity contribution in [1.29, 1.82) is 0 Å². The van der Waals surface area contributed by atoms with Crippen LogP contribution in [0, 0.1) is 10.1 Å². The smallest absolute Gasteiger partial charge is 0.270 e. The number of non-ortho nitro benzene ring substituents is 1. The lowest BCUT2D eigenvalue weighted by atomic mass is 10.1. The van der Waals surface area contributed by atoms with Crippen LogP contribution in [0.5, 0.6) is 5.75 Å². The molecule has 0 unspecified atom stereocenters. The van der Waals surface area contributed by atoms with Gasteiger partial charge in [-0.1, -0.05) is 0 Å². The molecule has 0 saturated carbocycles. The Morgan fingerprint density at radius 3 is 2.81 bits per heavy atom. The molecule has 1 heterocycles. The van der Waals surface area contributed by atoms with Crippen molar-refractivity contribution in [3.05, 3.63) is 33.9 Å². The average Bonchev–Trinajstić information content (AvgIpc) is 3.00. The predicted octanol–water partition coefficient (Wildman–Crippen LogP) is 2.18. The Labute approximate surface area is 125 Å². The molecule has 1 N–H and O–H groups in total. The second-order valence-corrected chi connectivity index (χ2v) is 5.33. The molecule has 1 aliphatic rings. The van der Waals surface area contributed by atoms with Crippen molar-refractivity contribution in [2.45, 2.75) is 25.8 Å². The standard InChI is InChI=1S/C15H23N3O3/c1-21-15-6-5-14(18(19)20)11-13(15)12-16-7-4-10-17-8-2-3-9-17/h5-6,11,16H,2-4,7-10,12H2,1H3. The van der Waals surface area contributed by atoms with Crippen molar-refractivity contribution in [3.8, 4) is 5.75 Å². The van der Waals surface area contributed by atoms with Crippen LogP contribution in [0.25, 0.3) is 0 Å². The van der Waals surface area contributed by atoms with Gasteiger partial charge in [-0.2, -0.15) is 0 Å². The number of hydrogen-bond acceptors (Lipinski definition) is 5. The van der Waals surface area contributed by atoms with E-state index in [-0.39, 0.29) is 10.6 Å². The van der Waals surface area contributed by atoms with E-state index >= 15 is 0 Å². The summed E-state index contributed by atoms with van der Waals surface area (Å²) in [5.74, 6) is 0.688. The molecule has 0 bridgehead atoms. The number of ether oxygens (including phenoxy) is 1. The van der Waals surface area contributed by atoms with Crippen molar-refractivity contribution in [2.24, 2.45) is 0 Å². The number of hydrogen-bond donors (Lipinski definition) is 1. The molecule has 1 aromatic rings. The highest BCUT2D eigenvalue weighted by atomic mass is 16.6. The van der Waals surface area contributed by atoms with Gasteiger partial charge in [0.1, 0.15) is 5.75 Å². The number of likely N-dealkylation sites (tertiary alicyclic amines) is 1. The van der Waals surface area contributed by atoms with Crippen molar-refractivity contribution >= 4 is 5.69 Å². The molecule has 0 atom stereocenters. The van der Waals surface area contributed by atoms with Gasteiger partial charge in [-0.3, -0.25) is 10.1 Å². The van der Waals surface area contributed by atoms with Gasteiger partial charge < -0.3 is 15.0 Å². The summed E-state index contributed by atoms with van der Waals surface area (Å²) in [5.41, 5.74) is 0.928. The molecule has 1 aromatic carbocycles. The van der Waals surface area contributed by atoms with E-state index in [2.05, 4.69) is 10.2 Å². The maximum Gasteiger partial charge on any atom is 0.270 e. The number of benzene rings is 1. The minimum absolute atomic E-state index is 0.102. The molecule has 21 heavy (non-hydrogen) atoms. The molecule has 1 saturated heterocycles. The van der Waals surface area contributed by atoms with Crippen LogP contribution >= 0.6 is 0 Å². The molecule has 116 valence electrons. The summed E-state index contributed by atoms with van der Waals surface area (Å²) in [5, 5.41) is 14.2. The number of nitro benzene ring substituents is 1. The third kappa shape index (κ3) is 4.68. The van der Waals surface area contributed by atoms with Crippen LogP contribution in [-0.2, 0) is 6.54 Å². The van der Waals surface area contributed by atoms with Gasteiger partial charge in [-0.25, -0.2) is 0 Å². The minimum atomic E-state index is -0.379. The van der Waals surface area contributed by atoms with Gasteiger partial charge in [-0.15, -0.1) is 0 Å². The lowest BCUT2D eigenvalue weighted by Crippen LogP contribution is -2.24. The summed E-state index contributed by atoms with van der Waals surface area (Å²) in [7, 11) is 1.58. The topological polar surface area (TPSA) is 67.6 Å². The van der Waals surface area contributed by atoms with Crippen molar-refractivity contribution in [2.75, 3.05) is 33.3 Å². The Morgan fingerprint density at radius 1 is 1.38 bits per heavy atom. The molecule has 6 nitrogen and oxygen atoms in total. The zero-order chi connectivity index (χ0) is 15.1. The first-order valence-corrected chi connectivity index (χ1v) is 7.45. The normalized spacial score (nSPS) is 15.3. The molecule has 6 heteroatoms. The van der Waals surface area contributed by atoms with Gasteiger partial charge in [0.2, 0.25) is 0 Å². The molecule has 1 aliphatic heterocycles. The van der Waals surface area contributed by atoms with E-state index in [9.17, 15) is 10.1 Å². The van der Waals surface area contributed by atoms with Crippen LogP contribution in [0.1, 0.15) is 24.8 Å². The highest BCUT2D eigenvalue weighted by Crippen LogP contribution is 2.23. The zero-order valence-corrected chi connectivity index (χ0v) is 12.5. The first-order valence-electron chi connectivity index (χ1n) is 7.45.